The third kappa shape index (κ3) is 54.5. The Labute approximate surface area is 430 Å². The molecule has 0 rings (SSSR count). The van der Waals surface area contributed by atoms with Crippen LogP contribution in [0, 0.1) is 0 Å². The van der Waals surface area contributed by atoms with Gasteiger partial charge in [0.15, 0.2) is 6.10 Å². The van der Waals surface area contributed by atoms with Crippen molar-refractivity contribution in [3.8, 4) is 0 Å². The molecule has 2 unspecified atom stereocenters. The molecule has 0 saturated carbocycles. The molecule has 9 nitrogen and oxygen atoms in total. The van der Waals surface area contributed by atoms with Crippen LogP contribution in [0.1, 0.15) is 251 Å². The lowest BCUT2D eigenvalue weighted by Gasteiger charge is -2.19. The normalized spacial score (nSPS) is 13.7. The number of hydrogen-bond donors (Lipinski definition) is 2. The Morgan fingerprint density at radius 2 is 0.786 bits per heavy atom. The summed E-state index contributed by atoms with van der Waals surface area (Å²) in [7, 11) is -4.40. The minimum atomic E-state index is -4.40. The minimum Gasteiger partial charge on any atom is -0.462 e. The summed E-state index contributed by atoms with van der Waals surface area (Å²) in [5, 5.41) is 0. The number of nitrogens with two attached hydrogens (primary N) is 1. The first-order valence-corrected chi connectivity index (χ1v) is 30.1. The van der Waals surface area contributed by atoms with Crippen LogP contribution in [0.2, 0.25) is 0 Å². The fourth-order valence-corrected chi connectivity index (χ4v) is 8.62. The number of carbonyl (C=O) groups excluding carboxylic acids is 2. The van der Waals surface area contributed by atoms with Crippen LogP contribution in [0.5, 0.6) is 0 Å². The van der Waals surface area contributed by atoms with E-state index in [0.29, 0.717) is 6.42 Å². The molecular weight excluding hydrogens is 894 g/mol. The van der Waals surface area contributed by atoms with Crippen molar-refractivity contribution in [1.82, 2.24) is 0 Å². The van der Waals surface area contributed by atoms with Gasteiger partial charge in [-0.05, 0) is 70.6 Å². The zero-order chi connectivity index (χ0) is 51.0. The molecular formula is C60H106NO8P. The van der Waals surface area contributed by atoms with Gasteiger partial charge >= 0.3 is 19.8 Å². The molecule has 0 heterocycles. The van der Waals surface area contributed by atoms with E-state index in [1.165, 1.54) is 135 Å². The third-order valence-corrected chi connectivity index (χ3v) is 13.0. The second-order valence-corrected chi connectivity index (χ2v) is 20.2. The maximum Gasteiger partial charge on any atom is 0.472 e. The Hall–Kier alpha value is -2.81. The van der Waals surface area contributed by atoms with Gasteiger partial charge in [-0.25, -0.2) is 4.57 Å². The van der Waals surface area contributed by atoms with E-state index in [-0.39, 0.29) is 38.6 Å². The zero-order valence-electron chi connectivity index (χ0n) is 45.0. The quantitative estimate of drug-likeness (QED) is 0.0264. The number of esters is 2. The Balaban J connectivity index is 4.06. The highest BCUT2D eigenvalue weighted by Crippen LogP contribution is 2.43. The first kappa shape index (κ1) is 67.2. The standard InChI is InChI=1S/C60H106NO8P/c1-3-5-7-9-11-13-15-17-19-21-23-25-27-29-31-33-35-37-39-41-43-45-47-49-51-53-60(63)69-58(57-68-70(64,65)67-55-54-61)56-66-59(62)52-50-48-46-44-42-40-38-36-34-32-30-28-26-24-22-20-18-16-14-12-10-8-6-4-2/h5,7,11,13,17,19,23,25,29,31,35,37,41,43,58H,3-4,6,8-10,12,14-16,18,20-22,24,26-28,30,32-34,36,38-40,42,44-57,61H2,1-2H3,(H,64,65)/b7-5-,13-11-,19-17-,25-23-,31-29-,37-35-,43-41-. The summed E-state index contributed by atoms with van der Waals surface area (Å²) < 4.78 is 33.0. The molecule has 0 aromatic carbocycles. The number of phosphoric ester groups is 1. The van der Waals surface area contributed by atoms with Crippen molar-refractivity contribution < 1.29 is 37.6 Å². The maximum absolute atomic E-state index is 12.7. The molecule has 2 atom stereocenters. The van der Waals surface area contributed by atoms with E-state index in [1.54, 1.807) is 0 Å². The van der Waals surface area contributed by atoms with E-state index in [0.717, 1.165) is 83.5 Å². The number of unbranched alkanes of at least 4 members (excludes halogenated alkanes) is 26. The fraction of sp³-hybridized carbons (Fsp3) is 0.733. The van der Waals surface area contributed by atoms with Gasteiger partial charge in [0.2, 0.25) is 0 Å². The van der Waals surface area contributed by atoms with Crippen molar-refractivity contribution in [3.05, 3.63) is 85.1 Å². The second kappa shape index (κ2) is 55.5. The third-order valence-electron chi connectivity index (χ3n) is 12.0. The van der Waals surface area contributed by atoms with Crippen LogP contribution >= 0.6 is 7.82 Å². The molecule has 404 valence electrons. The number of rotatable bonds is 53. The summed E-state index contributed by atoms with van der Waals surface area (Å²) in [5.74, 6) is -0.862. The fourth-order valence-electron chi connectivity index (χ4n) is 7.85. The number of allylic oxidation sites excluding steroid dienone is 14. The van der Waals surface area contributed by atoms with Gasteiger partial charge in [0.05, 0.1) is 13.2 Å². The van der Waals surface area contributed by atoms with Crippen molar-refractivity contribution in [3.63, 3.8) is 0 Å². The molecule has 10 heteroatoms. The molecule has 0 aromatic heterocycles. The van der Waals surface area contributed by atoms with Gasteiger partial charge in [0.25, 0.3) is 0 Å². The molecule has 0 spiro atoms. The van der Waals surface area contributed by atoms with Crippen LogP contribution in [0.25, 0.3) is 0 Å². The van der Waals surface area contributed by atoms with Gasteiger partial charge in [-0.3, -0.25) is 18.6 Å². The Morgan fingerprint density at radius 1 is 0.443 bits per heavy atom. The Kier molecular flexibility index (Phi) is 53.3. The van der Waals surface area contributed by atoms with Crippen molar-refractivity contribution >= 4 is 19.8 Å². The van der Waals surface area contributed by atoms with Crippen LogP contribution in [-0.2, 0) is 32.7 Å². The lowest BCUT2D eigenvalue weighted by molar-refractivity contribution is -0.161. The first-order chi connectivity index (χ1) is 34.3. The number of ether oxygens (including phenoxy) is 2. The number of carbonyl (C=O) groups is 2. The van der Waals surface area contributed by atoms with Crippen LogP contribution in [-0.4, -0.2) is 49.3 Å². The molecule has 0 aliphatic heterocycles. The van der Waals surface area contributed by atoms with Gasteiger partial charge in [0.1, 0.15) is 6.61 Å². The highest BCUT2D eigenvalue weighted by atomic mass is 31.2. The van der Waals surface area contributed by atoms with E-state index in [9.17, 15) is 19.0 Å². The largest absolute Gasteiger partial charge is 0.472 e. The zero-order valence-corrected chi connectivity index (χ0v) is 45.9. The van der Waals surface area contributed by atoms with E-state index >= 15 is 0 Å². The van der Waals surface area contributed by atoms with Gasteiger partial charge in [-0.1, -0.05) is 253 Å². The lowest BCUT2D eigenvalue weighted by Crippen LogP contribution is -2.29. The lowest BCUT2D eigenvalue weighted by atomic mass is 10.0. The summed E-state index contributed by atoms with van der Waals surface area (Å²) >= 11 is 0. The molecule has 70 heavy (non-hydrogen) atoms. The molecule has 0 radical (unpaired) electrons. The van der Waals surface area contributed by atoms with E-state index < -0.39 is 26.5 Å². The molecule has 0 bridgehead atoms. The van der Waals surface area contributed by atoms with Crippen molar-refractivity contribution in [2.24, 2.45) is 5.73 Å². The van der Waals surface area contributed by atoms with Crippen LogP contribution < -0.4 is 5.73 Å². The topological polar surface area (TPSA) is 134 Å². The molecule has 0 aliphatic carbocycles. The van der Waals surface area contributed by atoms with Gasteiger partial charge in [0, 0.05) is 19.4 Å². The summed E-state index contributed by atoms with van der Waals surface area (Å²) in [6, 6.07) is 0. The summed E-state index contributed by atoms with van der Waals surface area (Å²) in [6.45, 7) is 3.61. The van der Waals surface area contributed by atoms with E-state index in [2.05, 4.69) is 98.9 Å². The van der Waals surface area contributed by atoms with Crippen molar-refractivity contribution in [1.29, 1.82) is 0 Å². The highest BCUT2D eigenvalue weighted by molar-refractivity contribution is 7.47. The molecule has 3 N–H and O–H groups in total. The van der Waals surface area contributed by atoms with Crippen LogP contribution in [0.4, 0.5) is 0 Å². The van der Waals surface area contributed by atoms with Crippen molar-refractivity contribution in [2.45, 2.75) is 258 Å². The average Bonchev–Trinajstić information content (AvgIpc) is 3.35. The monoisotopic (exact) mass is 1000 g/mol. The van der Waals surface area contributed by atoms with Gasteiger partial charge in [-0.15, -0.1) is 0 Å². The van der Waals surface area contributed by atoms with Gasteiger partial charge in [-0.2, -0.15) is 0 Å². The summed E-state index contributed by atoms with van der Waals surface area (Å²) in [6.07, 6.45) is 72.1. The molecule has 0 fully saturated rings. The van der Waals surface area contributed by atoms with Crippen molar-refractivity contribution in [2.75, 3.05) is 26.4 Å². The molecule has 0 aliphatic rings. The van der Waals surface area contributed by atoms with Crippen LogP contribution in [0.15, 0.2) is 85.1 Å². The summed E-state index contributed by atoms with van der Waals surface area (Å²) in [4.78, 5) is 35.2. The Morgan fingerprint density at radius 3 is 1.17 bits per heavy atom. The predicted octanol–water partition coefficient (Wildman–Crippen LogP) is 17.9. The Bertz CT molecular complexity index is 1420. The molecule has 0 amide bonds. The number of hydrogen-bond acceptors (Lipinski definition) is 8. The predicted molar refractivity (Wildman–Crippen MR) is 298 cm³/mol. The molecule has 0 saturated heterocycles. The maximum atomic E-state index is 12.7. The minimum absolute atomic E-state index is 0.0445. The SMILES string of the molecule is CC/C=C\C/C=C\C/C=C\C/C=C\C/C=C\C/C=C\C/C=C\CCCCCC(=O)OC(COC(=O)CCCCCCCCCCCCCCCCCCCCCCCCCC)COP(=O)(O)OCCN. The smallest absolute Gasteiger partial charge is 0.462 e. The number of phosphoric acid groups is 1. The van der Waals surface area contributed by atoms with E-state index in [1.807, 2.05) is 0 Å². The van der Waals surface area contributed by atoms with E-state index in [4.69, 9.17) is 24.3 Å². The first-order valence-electron chi connectivity index (χ1n) is 28.6. The average molecular weight is 1000 g/mol. The highest BCUT2D eigenvalue weighted by Gasteiger charge is 2.26. The molecule has 0 aromatic rings. The second-order valence-electron chi connectivity index (χ2n) is 18.8. The van der Waals surface area contributed by atoms with Gasteiger partial charge < -0.3 is 20.1 Å². The summed E-state index contributed by atoms with van der Waals surface area (Å²) in [5.41, 5.74) is 5.38. The van der Waals surface area contributed by atoms with Crippen LogP contribution in [0.3, 0.4) is 0 Å².